The second-order valence-electron chi connectivity index (χ2n) is 2.55. The van der Waals surface area contributed by atoms with Gasteiger partial charge in [0.15, 0.2) is 6.29 Å². The first-order valence-electron chi connectivity index (χ1n) is 3.71. The van der Waals surface area contributed by atoms with Crippen molar-refractivity contribution >= 4 is 0 Å². The fourth-order valence-corrected chi connectivity index (χ4v) is 0.924. The molecule has 0 aromatic carbocycles. The molecule has 0 unspecified atom stereocenters. The van der Waals surface area contributed by atoms with Gasteiger partial charge in [0.05, 0.1) is 19.8 Å². The minimum atomic E-state index is -0.0391. The molecule has 0 atom stereocenters. The number of hydrogen-bond donors (Lipinski definition) is 1. The van der Waals surface area contributed by atoms with Gasteiger partial charge in [-0.3, -0.25) is 0 Å². The Morgan fingerprint density at radius 1 is 1.40 bits per heavy atom. The summed E-state index contributed by atoms with van der Waals surface area (Å²) >= 11 is 0. The minimum Gasteiger partial charge on any atom is -0.396 e. The third kappa shape index (κ3) is 1.94. The van der Waals surface area contributed by atoms with E-state index in [0.29, 0.717) is 13.2 Å². The Hall–Kier alpha value is -0.120. The van der Waals surface area contributed by atoms with Gasteiger partial charge in [-0.15, -0.1) is 0 Å². The number of ether oxygens (including phenoxy) is 2. The number of aliphatic hydroxyl groups excluding tert-OH is 1. The predicted octanol–water partition coefficient (Wildman–Crippen LogP) is 0.378. The second-order valence-corrected chi connectivity index (χ2v) is 2.55. The summed E-state index contributed by atoms with van der Waals surface area (Å²) in [7, 11) is 0. The van der Waals surface area contributed by atoms with E-state index in [1.165, 1.54) is 0 Å². The normalized spacial score (nSPS) is 34.2. The van der Waals surface area contributed by atoms with Crippen molar-refractivity contribution in [2.24, 2.45) is 5.92 Å². The fourth-order valence-electron chi connectivity index (χ4n) is 0.924. The molecule has 3 heteroatoms. The van der Waals surface area contributed by atoms with E-state index in [4.69, 9.17) is 14.6 Å². The maximum Gasteiger partial charge on any atom is 0.157 e. The Balaban J connectivity index is 2.17. The molecule has 0 bridgehead atoms. The molecule has 10 heavy (non-hydrogen) atoms. The molecule has 1 heterocycles. The van der Waals surface area contributed by atoms with E-state index < -0.39 is 0 Å². The van der Waals surface area contributed by atoms with E-state index in [2.05, 4.69) is 0 Å². The summed E-state index contributed by atoms with van der Waals surface area (Å²) in [5.41, 5.74) is 0. The summed E-state index contributed by atoms with van der Waals surface area (Å²) in [6, 6.07) is 0. The molecule has 1 rings (SSSR count). The van der Waals surface area contributed by atoms with Crippen LogP contribution in [0.2, 0.25) is 0 Å². The summed E-state index contributed by atoms with van der Waals surface area (Å²) < 4.78 is 10.5. The minimum absolute atomic E-state index is 0.0391. The highest BCUT2D eigenvalue weighted by Gasteiger charge is 2.19. The lowest BCUT2D eigenvalue weighted by Crippen LogP contribution is -2.33. The van der Waals surface area contributed by atoms with Crippen LogP contribution in [-0.4, -0.2) is 31.2 Å². The molecule has 3 nitrogen and oxygen atoms in total. The van der Waals surface area contributed by atoms with Crippen LogP contribution in [0.4, 0.5) is 0 Å². The van der Waals surface area contributed by atoms with Crippen molar-refractivity contribution in [2.45, 2.75) is 19.6 Å². The molecule has 1 aliphatic rings. The van der Waals surface area contributed by atoms with Gasteiger partial charge in [0.2, 0.25) is 0 Å². The van der Waals surface area contributed by atoms with Crippen LogP contribution in [-0.2, 0) is 9.47 Å². The second kappa shape index (κ2) is 3.91. The summed E-state index contributed by atoms with van der Waals surface area (Å²) in [5, 5.41) is 8.69. The van der Waals surface area contributed by atoms with Crippen LogP contribution in [0.25, 0.3) is 0 Å². The molecular weight excluding hydrogens is 132 g/mol. The van der Waals surface area contributed by atoms with Crippen molar-refractivity contribution in [1.82, 2.24) is 0 Å². The molecule has 60 valence electrons. The fraction of sp³-hybridized carbons (Fsp3) is 1.00. The molecule has 0 spiro atoms. The zero-order chi connectivity index (χ0) is 7.40. The van der Waals surface area contributed by atoms with Gasteiger partial charge >= 0.3 is 0 Å². The summed E-state index contributed by atoms with van der Waals surface area (Å²) in [4.78, 5) is 0. The van der Waals surface area contributed by atoms with Crippen LogP contribution in [0.1, 0.15) is 13.3 Å². The average Bonchev–Trinajstić information content (AvgIpc) is 2.05. The van der Waals surface area contributed by atoms with Gasteiger partial charge in [0, 0.05) is 5.92 Å². The SMILES string of the molecule is CCC1OCC(CO)CO1. The summed E-state index contributed by atoms with van der Waals surface area (Å²) in [6.07, 6.45) is 0.848. The molecule has 0 amide bonds. The van der Waals surface area contributed by atoms with Crippen molar-refractivity contribution in [3.05, 3.63) is 0 Å². The molecule has 0 radical (unpaired) electrons. The van der Waals surface area contributed by atoms with Crippen molar-refractivity contribution in [3.8, 4) is 0 Å². The third-order valence-electron chi connectivity index (χ3n) is 1.63. The Morgan fingerprint density at radius 3 is 2.40 bits per heavy atom. The van der Waals surface area contributed by atoms with E-state index in [-0.39, 0.29) is 18.8 Å². The van der Waals surface area contributed by atoms with Crippen LogP contribution >= 0.6 is 0 Å². The summed E-state index contributed by atoms with van der Waals surface area (Å²) in [5.74, 6) is 0.183. The lowest BCUT2D eigenvalue weighted by molar-refractivity contribution is -0.205. The zero-order valence-electron chi connectivity index (χ0n) is 6.25. The first-order valence-corrected chi connectivity index (χ1v) is 3.71. The molecule has 0 aromatic heterocycles. The van der Waals surface area contributed by atoms with Gasteiger partial charge in [0.1, 0.15) is 0 Å². The van der Waals surface area contributed by atoms with E-state index in [1.807, 2.05) is 6.92 Å². The summed E-state index contributed by atoms with van der Waals surface area (Å²) in [6.45, 7) is 3.45. The average molecular weight is 146 g/mol. The van der Waals surface area contributed by atoms with Crippen LogP contribution in [0, 0.1) is 5.92 Å². The number of hydrogen-bond acceptors (Lipinski definition) is 3. The van der Waals surface area contributed by atoms with Crippen LogP contribution in [0.15, 0.2) is 0 Å². The highest BCUT2D eigenvalue weighted by atomic mass is 16.7. The molecule has 1 aliphatic heterocycles. The quantitative estimate of drug-likeness (QED) is 0.612. The Morgan fingerprint density at radius 2 is 2.00 bits per heavy atom. The van der Waals surface area contributed by atoms with Crippen molar-refractivity contribution < 1.29 is 14.6 Å². The molecular formula is C7H14O3. The maximum atomic E-state index is 8.69. The first-order chi connectivity index (χ1) is 4.86. The molecule has 1 N–H and O–H groups in total. The topological polar surface area (TPSA) is 38.7 Å². The lowest BCUT2D eigenvalue weighted by Gasteiger charge is -2.27. The van der Waals surface area contributed by atoms with Gasteiger partial charge in [-0.2, -0.15) is 0 Å². The monoisotopic (exact) mass is 146 g/mol. The van der Waals surface area contributed by atoms with Crippen molar-refractivity contribution in [1.29, 1.82) is 0 Å². The third-order valence-corrected chi connectivity index (χ3v) is 1.63. The highest BCUT2D eigenvalue weighted by molar-refractivity contribution is 4.60. The van der Waals surface area contributed by atoms with E-state index in [0.717, 1.165) is 6.42 Å². The lowest BCUT2D eigenvalue weighted by atomic mass is 10.2. The Labute approximate surface area is 60.9 Å². The number of rotatable bonds is 2. The van der Waals surface area contributed by atoms with Crippen molar-refractivity contribution in [3.63, 3.8) is 0 Å². The highest BCUT2D eigenvalue weighted by Crippen LogP contribution is 2.12. The van der Waals surface area contributed by atoms with E-state index >= 15 is 0 Å². The van der Waals surface area contributed by atoms with Gasteiger partial charge in [-0.05, 0) is 6.42 Å². The van der Waals surface area contributed by atoms with Gasteiger partial charge in [-0.1, -0.05) is 6.92 Å². The van der Waals surface area contributed by atoms with Gasteiger partial charge in [0.25, 0.3) is 0 Å². The standard InChI is InChI=1S/C7H14O3/c1-2-7-9-4-6(3-8)5-10-7/h6-8H,2-5H2,1H3. The van der Waals surface area contributed by atoms with Crippen LogP contribution < -0.4 is 0 Å². The molecule has 1 fully saturated rings. The molecule has 1 saturated heterocycles. The zero-order valence-corrected chi connectivity index (χ0v) is 6.25. The van der Waals surface area contributed by atoms with Gasteiger partial charge < -0.3 is 14.6 Å². The molecule has 0 saturated carbocycles. The Bertz CT molecular complexity index is 74.9. The predicted molar refractivity (Wildman–Crippen MR) is 36.6 cm³/mol. The molecule has 0 aromatic rings. The van der Waals surface area contributed by atoms with Crippen LogP contribution in [0.3, 0.4) is 0 Å². The first kappa shape index (κ1) is 7.98. The smallest absolute Gasteiger partial charge is 0.157 e. The van der Waals surface area contributed by atoms with Gasteiger partial charge in [-0.25, -0.2) is 0 Å². The van der Waals surface area contributed by atoms with E-state index in [1.54, 1.807) is 0 Å². The van der Waals surface area contributed by atoms with Crippen LogP contribution in [0.5, 0.6) is 0 Å². The van der Waals surface area contributed by atoms with E-state index in [9.17, 15) is 0 Å². The Kier molecular flexibility index (Phi) is 3.12. The largest absolute Gasteiger partial charge is 0.396 e. The number of aliphatic hydroxyl groups is 1. The van der Waals surface area contributed by atoms with Crippen molar-refractivity contribution in [2.75, 3.05) is 19.8 Å². The maximum absolute atomic E-state index is 8.69. The molecule has 0 aliphatic carbocycles.